The van der Waals surface area contributed by atoms with Gasteiger partial charge in [-0.15, -0.1) is 0 Å². The second kappa shape index (κ2) is 33.7. The van der Waals surface area contributed by atoms with Gasteiger partial charge in [-0.25, -0.2) is 4.79 Å². The molecule has 0 aliphatic carbocycles. The lowest BCUT2D eigenvalue weighted by atomic mass is 10.1. The van der Waals surface area contributed by atoms with E-state index < -0.39 is 147 Å². The van der Waals surface area contributed by atoms with E-state index in [1.807, 2.05) is 0 Å². The molecule has 0 aromatic heterocycles. The number of hydrogen-bond donors (Lipinski definition) is 17. The number of aliphatic hydroxyl groups is 1. The summed E-state index contributed by atoms with van der Waals surface area (Å²) in [5, 5.41) is 56.0. The highest BCUT2D eigenvalue weighted by molar-refractivity contribution is 5.96. The molecule has 0 heterocycles. The summed E-state index contributed by atoms with van der Waals surface area (Å²) >= 11 is 0. The van der Waals surface area contributed by atoms with Gasteiger partial charge in [0, 0.05) is 19.4 Å². The fourth-order valence-corrected chi connectivity index (χ4v) is 5.69. The monoisotopic (exact) mass is 946 g/mol. The second-order valence-electron chi connectivity index (χ2n) is 14.6. The number of aliphatic hydroxyl groups excluding tert-OH is 1. The van der Waals surface area contributed by atoms with E-state index in [2.05, 4.69) is 47.5 Å². The molecular formula is C37H66N14O15. The van der Waals surface area contributed by atoms with Crippen LogP contribution >= 0.6 is 0 Å². The van der Waals surface area contributed by atoms with Crippen LogP contribution in [0.4, 0.5) is 0 Å². The summed E-state index contributed by atoms with van der Waals surface area (Å²) in [6.45, 7) is -2.66. The first-order valence-electron chi connectivity index (χ1n) is 21.0. The Kier molecular flexibility index (Phi) is 30.3. The lowest BCUT2D eigenvalue weighted by Crippen LogP contribution is -2.57. The van der Waals surface area contributed by atoms with Gasteiger partial charge in [0.2, 0.25) is 47.3 Å². The maximum absolute atomic E-state index is 13.3. The van der Waals surface area contributed by atoms with Crippen LogP contribution in [0.1, 0.15) is 77.0 Å². The second-order valence-corrected chi connectivity index (χ2v) is 14.6. The first-order chi connectivity index (χ1) is 31.2. The van der Waals surface area contributed by atoms with Crippen LogP contribution in [-0.2, 0) is 52.7 Å². The SMILES string of the molecule is NCCCC[C@H](NC(=O)[C@H](CCC(=O)O)NC(=O)CNC(=O)[C@H](CCCN=C(N)N)NC(=O)[C@H](CO)NC(=O)CNC(=O)[C@H](CCCCN)NC(=O)[C@H](CCC(=O)O)NC(=O)CN)C(=O)O. The van der Waals surface area contributed by atoms with Crippen molar-refractivity contribution in [1.82, 2.24) is 42.5 Å². The van der Waals surface area contributed by atoms with E-state index in [-0.39, 0.29) is 57.7 Å². The van der Waals surface area contributed by atoms with Crippen LogP contribution < -0.4 is 71.2 Å². The third-order valence-corrected chi connectivity index (χ3v) is 9.18. The molecule has 29 nitrogen and oxygen atoms in total. The number of unbranched alkanes of at least 4 members (excludes halogenated alkanes) is 2. The maximum Gasteiger partial charge on any atom is 0.326 e. The number of carboxylic acid groups (broad SMARTS) is 3. The summed E-state index contributed by atoms with van der Waals surface area (Å²) in [6.07, 6.45) is -0.424. The van der Waals surface area contributed by atoms with Crippen molar-refractivity contribution < 1.29 is 73.2 Å². The zero-order valence-corrected chi connectivity index (χ0v) is 36.5. The zero-order valence-electron chi connectivity index (χ0n) is 36.5. The van der Waals surface area contributed by atoms with Crippen molar-refractivity contribution in [3.63, 3.8) is 0 Å². The average molecular weight is 947 g/mol. The molecule has 8 amide bonds. The summed E-state index contributed by atoms with van der Waals surface area (Å²) < 4.78 is 0. The van der Waals surface area contributed by atoms with Crippen molar-refractivity contribution >= 4 is 71.1 Å². The summed E-state index contributed by atoms with van der Waals surface area (Å²) in [6, 6.07) is -8.76. The topological polar surface area (TPSA) is 507 Å². The smallest absolute Gasteiger partial charge is 0.326 e. The third-order valence-electron chi connectivity index (χ3n) is 9.18. The molecule has 22 N–H and O–H groups in total. The first kappa shape index (κ1) is 59.3. The number of nitrogens with two attached hydrogens (primary N) is 5. The number of carbonyl (C=O) groups is 11. The van der Waals surface area contributed by atoms with Crippen LogP contribution in [0.25, 0.3) is 0 Å². The number of nitrogens with zero attached hydrogens (tertiary/aromatic N) is 1. The molecule has 66 heavy (non-hydrogen) atoms. The Morgan fingerprint density at radius 1 is 0.455 bits per heavy atom. The lowest BCUT2D eigenvalue weighted by molar-refractivity contribution is -0.143. The van der Waals surface area contributed by atoms with E-state index >= 15 is 0 Å². The molecule has 0 saturated heterocycles. The highest BCUT2D eigenvalue weighted by atomic mass is 16.4. The molecular weight excluding hydrogens is 880 g/mol. The Morgan fingerprint density at radius 2 is 0.833 bits per heavy atom. The molecule has 0 spiro atoms. The van der Waals surface area contributed by atoms with E-state index in [4.69, 9.17) is 38.9 Å². The molecule has 0 fully saturated rings. The highest BCUT2D eigenvalue weighted by Gasteiger charge is 2.31. The van der Waals surface area contributed by atoms with Gasteiger partial charge in [0.25, 0.3) is 0 Å². The van der Waals surface area contributed by atoms with E-state index in [9.17, 15) is 63.0 Å². The molecule has 0 aromatic rings. The average Bonchev–Trinajstić information content (AvgIpc) is 3.26. The predicted octanol–water partition coefficient (Wildman–Crippen LogP) is -7.80. The number of carbonyl (C=O) groups excluding carboxylic acids is 8. The van der Waals surface area contributed by atoms with Crippen LogP contribution in [0.5, 0.6) is 0 Å². The van der Waals surface area contributed by atoms with Crippen LogP contribution in [0.15, 0.2) is 4.99 Å². The minimum atomic E-state index is -1.72. The summed E-state index contributed by atoms with van der Waals surface area (Å²) in [5.74, 6) is -11.9. The first-order valence-corrected chi connectivity index (χ1v) is 21.0. The van der Waals surface area contributed by atoms with Crippen molar-refractivity contribution in [3.8, 4) is 0 Å². The normalized spacial score (nSPS) is 13.4. The molecule has 0 aliphatic heterocycles. The quantitative estimate of drug-likeness (QED) is 0.0158. The van der Waals surface area contributed by atoms with Gasteiger partial charge in [-0.3, -0.25) is 52.9 Å². The highest BCUT2D eigenvalue weighted by Crippen LogP contribution is 2.07. The van der Waals surface area contributed by atoms with Crippen molar-refractivity contribution in [1.29, 1.82) is 0 Å². The molecule has 0 saturated carbocycles. The molecule has 0 bridgehead atoms. The van der Waals surface area contributed by atoms with Gasteiger partial charge in [0.15, 0.2) is 5.96 Å². The Morgan fingerprint density at radius 3 is 1.23 bits per heavy atom. The van der Waals surface area contributed by atoms with Gasteiger partial charge in [0.1, 0.15) is 36.3 Å². The summed E-state index contributed by atoms with van der Waals surface area (Å²) in [7, 11) is 0. The number of guanidine groups is 1. The van der Waals surface area contributed by atoms with Gasteiger partial charge >= 0.3 is 17.9 Å². The Hall–Kier alpha value is -6.72. The molecule has 0 aromatic carbocycles. The minimum Gasteiger partial charge on any atom is -0.481 e. The van der Waals surface area contributed by atoms with E-state index in [1.54, 1.807) is 0 Å². The van der Waals surface area contributed by atoms with E-state index in [1.165, 1.54) is 0 Å². The van der Waals surface area contributed by atoms with Crippen molar-refractivity contribution in [2.24, 2.45) is 33.7 Å². The van der Waals surface area contributed by atoms with Crippen LogP contribution in [-0.4, -0.2) is 174 Å². The van der Waals surface area contributed by atoms with E-state index in [0.29, 0.717) is 25.7 Å². The third kappa shape index (κ3) is 26.8. The molecule has 0 rings (SSSR count). The molecule has 29 heteroatoms. The molecule has 6 atom stereocenters. The van der Waals surface area contributed by atoms with Gasteiger partial charge in [0.05, 0.1) is 26.2 Å². The van der Waals surface area contributed by atoms with Gasteiger partial charge in [-0.2, -0.15) is 0 Å². The largest absolute Gasteiger partial charge is 0.481 e. The standard InChI is InChI=1S/C37H66N14O15/c38-13-3-1-6-20(49-33(62)22(9-11-29(56)57)46-26(53)16-40)31(60)45-18-28(55)48-25(19-52)35(64)50-21(8-5-15-43-37(41)42)32(61)44-17-27(54)47-23(10-12-30(58)59)34(63)51-24(36(65)66)7-2-4-14-39/h20-25,52H,1-19,38-40H2,(H,44,61)(H,45,60)(H,46,53)(H,47,54)(H,48,55)(H,49,62)(H,50,64)(H,51,63)(H,56,57)(H,58,59)(H,65,66)(H4,41,42,43)/t20-,21-,22-,23-,24-,25-/m0/s1. The number of aliphatic imine (C=N–C) groups is 1. The zero-order chi connectivity index (χ0) is 50.2. The van der Waals surface area contributed by atoms with E-state index in [0.717, 1.165) is 0 Å². The van der Waals surface area contributed by atoms with Crippen LogP contribution in [0, 0.1) is 0 Å². The lowest BCUT2D eigenvalue weighted by Gasteiger charge is -2.24. The summed E-state index contributed by atoms with van der Waals surface area (Å²) in [4.78, 5) is 141. The number of amides is 8. The molecule has 0 radical (unpaired) electrons. The van der Waals surface area contributed by atoms with Gasteiger partial charge in [-0.1, -0.05) is 0 Å². The molecule has 0 unspecified atom stereocenters. The molecule has 374 valence electrons. The Bertz CT molecular complexity index is 1680. The maximum atomic E-state index is 13.3. The fraction of sp³-hybridized carbons (Fsp3) is 0.676. The van der Waals surface area contributed by atoms with Crippen LogP contribution in [0.3, 0.4) is 0 Å². The minimum absolute atomic E-state index is 0.000553. The van der Waals surface area contributed by atoms with Crippen molar-refractivity contribution in [2.75, 3.05) is 45.9 Å². The Labute approximate surface area is 379 Å². The Balaban J connectivity index is 5.87. The molecule has 0 aliphatic rings. The number of carboxylic acids is 3. The number of hydrogen-bond acceptors (Lipinski definition) is 16. The van der Waals surface area contributed by atoms with Gasteiger partial charge < -0.3 is 91.6 Å². The number of nitrogens with one attached hydrogen (secondary N) is 8. The fourth-order valence-electron chi connectivity index (χ4n) is 5.69. The number of aliphatic carboxylic acids is 3. The van der Waals surface area contributed by atoms with Crippen LogP contribution in [0.2, 0.25) is 0 Å². The van der Waals surface area contributed by atoms with Crippen molar-refractivity contribution in [3.05, 3.63) is 0 Å². The van der Waals surface area contributed by atoms with Crippen molar-refractivity contribution in [2.45, 2.75) is 113 Å². The summed E-state index contributed by atoms with van der Waals surface area (Å²) in [5.41, 5.74) is 27.0. The van der Waals surface area contributed by atoms with Gasteiger partial charge in [-0.05, 0) is 77.3 Å². The number of rotatable bonds is 36. The predicted molar refractivity (Wildman–Crippen MR) is 231 cm³/mol.